The topological polar surface area (TPSA) is 87.7 Å². The third-order valence-electron chi connectivity index (χ3n) is 2.29. The van der Waals surface area contributed by atoms with Gasteiger partial charge < -0.3 is 16.5 Å². The lowest BCUT2D eigenvalue weighted by Gasteiger charge is -2.09. The SMILES string of the molecule is CC.Cc1cc(Nc2cnc(N)cc2C=N)ccn1. The highest BCUT2D eigenvalue weighted by atomic mass is 14.9. The highest BCUT2D eigenvalue weighted by molar-refractivity contribution is 5.88. The molecule has 0 spiro atoms. The lowest BCUT2D eigenvalue weighted by Crippen LogP contribution is -1.99. The molecule has 5 heteroatoms. The molecule has 0 saturated carbocycles. The van der Waals surface area contributed by atoms with E-state index in [0.29, 0.717) is 11.4 Å². The Morgan fingerprint density at radius 1 is 1.26 bits per heavy atom. The Morgan fingerprint density at radius 3 is 2.63 bits per heavy atom. The van der Waals surface area contributed by atoms with E-state index in [9.17, 15) is 0 Å². The van der Waals surface area contributed by atoms with Crippen LogP contribution >= 0.6 is 0 Å². The molecular formula is C14H19N5. The molecule has 2 rings (SSSR count). The second-order valence-corrected chi connectivity index (χ2v) is 3.65. The summed E-state index contributed by atoms with van der Waals surface area (Å²) in [6.07, 6.45) is 4.59. The molecule has 100 valence electrons. The molecule has 0 atom stereocenters. The van der Waals surface area contributed by atoms with Gasteiger partial charge in [0.2, 0.25) is 0 Å². The molecular weight excluding hydrogens is 238 g/mol. The monoisotopic (exact) mass is 257 g/mol. The summed E-state index contributed by atoms with van der Waals surface area (Å²) in [6.45, 7) is 5.92. The molecule has 0 bridgehead atoms. The average molecular weight is 257 g/mol. The first-order valence-electron chi connectivity index (χ1n) is 6.15. The van der Waals surface area contributed by atoms with Crippen LogP contribution in [0, 0.1) is 12.3 Å². The zero-order valence-electron chi connectivity index (χ0n) is 11.4. The number of hydrogen-bond acceptors (Lipinski definition) is 5. The molecule has 0 aliphatic rings. The fourth-order valence-corrected chi connectivity index (χ4v) is 1.49. The van der Waals surface area contributed by atoms with Gasteiger partial charge in [-0.25, -0.2) is 4.98 Å². The van der Waals surface area contributed by atoms with Crippen molar-refractivity contribution in [3.8, 4) is 0 Å². The lowest BCUT2D eigenvalue weighted by atomic mass is 10.2. The molecule has 4 N–H and O–H groups in total. The van der Waals surface area contributed by atoms with E-state index in [1.54, 1.807) is 18.5 Å². The normalized spacial score (nSPS) is 9.21. The van der Waals surface area contributed by atoms with Crippen LogP contribution in [0.1, 0.15) is 25.1 Å². The fraction of sp³-hybridized carbons (Fsp3) is 0.214. The van der Waals surface area contributed by atoms with Crippen LogP contribution in [0.4, 0.5) is 17.2 Å². The summed E-state index contributed by atoms with van der Waals surface area (Å²) in [7, 11) is 0. The largest absolute Gasteiger partial charge is 0.384 e. The van der Waals surface area contributed by atoms with Crippen LogP contribution in [0.25, 0.3) is 0 Å². The van der Waals surface area contributed by atoms with E-state index in [1.807, 2.05) is 32.9 Å². The summed E-state index contributed by atoms with van der Waals surface area (Å²) in [6, 6.07) is 5.44. The Balaban J connectivity index is 0.000000861. The van der Waals surface area contributed by atoms with Crippen molar-refractivity contribution in [2.24, 2.45) is 0 Å². The predicted molar refractivity (Wildman–Crippen MR) is 80.1 cm³/mol. The zero-order valence-corrected chi connectivity index (χ0v) is 11.4. The molecule has 0 fully saturated rings. The van der Waals surface area contributed by atoms with Crippen molar-refractivity contribution in [3.05, 3.63) is 41.9 Å². The highest BCUT2D eigenvalue weighted by Crippen LogP contribution is 2.20. The van der Waals surface area contributed by atoms with Crippen LogP contribution in [-0.4, -0.2) is 16.2 Å². The van der Waals surface area contributed by atoms with Crippen molar-refractivity contribution in [2.75, 3.05) is 11.1 Å². The zero-order chi connectivity index (χ0) is 14.3. The van der Waals surface area contributed by atoms with E-state index in [4.69, 9.17) is 11.1 Å². The highest BCUT2D eigenvalue weighted by Gasteiger charge is 2.02. The van der Waals surface area contributed by atoms with Gasteiger partial charge in [0, 0.05) is 29.4 Å². The Labute approximate surface area is 113 Å². The van der Waals surface area contributed by atoms with Crippen LogP contribution < -0.4 is 11.1 Å². The lowest BCUT2D eigenvalue weighted by molar-refractivity contribution is 1.20. The van der Waals surface area contributed by atoms with Crippen molar-refractivity contribution in [1.82, 2.24) is 9.97 Å². The van der Waals surface area contributed by atoms with Crippen molar-refractivity contribution < 1.29 is 0 Å². The van der Waals surface area contributed by atoms with Crippen LogP contribution in [0.15, 0.2) is 30.6 Å². The van der Waals surface area contributed by atoms with Crippen molar-refractivity contribution in [3.63, 3.8) is 0 Å². The smallest absolute Gasteiger partial charge is 0.124 e. The van der Waals surface area contributed by atoms with Gasteiger partial charge in [-0.2, -0.15) is 0 Å². The van der Waals surface area contributed by atoms with Gasteiger partial charge in [-0.15, -0.1) is 0 Å². The minimum absolute atomic E-state index is 0.403. The summed E-state index contributed by atoms with van der Waals surface area (Å²) < 4.78 is 0. The number of nitrogens with zero attached hydrogens (tertiary/aromatic N) is 2. The Bertz CT molecular complexity index is 551. The molecule has 0 saturated heterocycles. The van der Waals surface area contributed by atoms with Gasteiger partial charge in [0.15, 0.2) is 0 Å². The Morgan fingerprint density at radius 2 is 2.00 bits per heavy atom. The number of nitrogens with one attached hydrogen (secondary N) is 2. The number of nitrogens with two attached hydrogens (primary N) is 1. The molecule has 5 nitrogen and oxygen atoms in total. The molecule has 0 aliphatic heterocycles. The van der Waals surface area contributed by atoms with E-state index in [1.165, 1.54) is 6.21 Å². The molecule has 0 aliphatic carbocycles. The number of nitrogen functional groups attached to an aromatic ring is 1. The fourth-order valence-electron chi connectivity index (χ4n) is 1.49. The maximum Gasteiger partial charge on any atom is 0.124 e. The number of anilines is 3. The van der Waals surface area contributed by atoms with Gasteiger partial charge in [-0.05, 0) is 25.1 Å². The average Bonchev–Trinajstić information content (AvgIpc) is 2.43. The van der Waals surface area contributed by atoms with E-state index >= 15 is 0 Å². The van der Waals surface area contributed by atoms with Crippen LogP contribution in [0.3, 0.4) is 0 Å². The van der Waals surface area contributed by atoms with E-state index < -0.39 is 0 Å². The van der Waals surface area contributed by atoms with Gasteiger partial charge in [-0.1, -0.05) is 13.8 Å². The molecule has 19 heavy (non-hydrogen) atoms. The number of pyridine rings is 2. The number of aromatic nitrogens is 2. The van der Waals surface area contributed by atoms with Crippen molar-refractivity contribution >= 4 is 23.4 Å². The van der Waals surface area contributed by atoms with Crippen LogP contribution in [0.2, 0.25) is 0 Å². The number of rotatable bonds is 3. The van der Waals surface area contributed by atoms with E-state index in [0.717, 1.165) is 17.1 Å². The van der Waals surface area contributed by atoms with Gasteiger partial charge >= 0.3 is 0 Å². The molecule has 2 aromatic rings. The minimum atomic E-state index is 0.403. The summed E-state index contributed by atoms with van der Waals surface area (Å²) >= 11 is 0. The van der Waals surface area contributed by atoms with Gasteiger partial charge in [0.25, 0.3) is 0 Å². The minimum Gasteiger partial charge on any atom is -0.384 e. The quantitative estimate of drug-likeness (QED) is 0.737. The van der Waals surface area contributed by atoms with Crippen LogP contribution in [-0.2, 0) is 0 Å². The van der Waals surface area contributed by atoms with E-state index in [-0.39, 0.29) is 0 Å². The van der Waals surface area contributed by atoms with Gasteiger partial charge in [0.1, 0.15) is 5.82 Å². The van der Waals surface area contributed by atoms with Gasteiger partial charge in [-0.3, -0.25) is 4.98 Å². The maximum absolute atomic E-state index is 7.33. The van der Waals surface area contributed by atoms with Crippen LogP contribution in [0.5, 0.6) is 0 Å². The van der Waals surface area contributed by atoms with Gasteiger partial charge in [0.05, 0.1) is 11.9 Å². The first-order chi connectivity index (χ1) is 9.19. The maximum atomic E-state index is 7.33. The summed E-state index contributed by atoms with van der Waals surface area (Å²) in [4.78, 5) is 8.12. The molecule has 0 unspecified atom stereocenters. The number of aryl methyl sites for hydroxylation is 1. The predicted octanol–water partition coefficient (Wildman–Crippen LogP) is 3.13. The van der Waals surface area contributed by atoms with Crippen molar-refractivity contribution in [2.45, 2.75) is 20.8 Å². The summed E-state index contributed by atoms with van der Waals surface area (Å²) in [5.74, 6) is 0.403. The third kappa shape index (κ3) is 4.06. The first-order valence-corrected chi connectivity index (χ1v) is 6.15. The molecule has 0 aromatic carbocycles. The summed E-state index contributed by atoms with van der Waals surface area (Å²) in [5, 5.41) is 10.5. The molecule has 0 radical (unpaired) electrons. The first kappa shape index (κ1) is 14.6. The molecule has 2 aromatic heterocycles. The second kappa shape index (κ2) is 7.10. The summed E-state index contributed by atoms with van der Waals surface area (Å²) in [5.41, 5.74) is 8.85. The standard InChI is InChI=1S/C12H13N5.C2H6/c1-8-4-10(2-3-15-8)17-11-7-16-12(14)5-9(11)6-13;1-2/h2-7,13H,1H3,(H2,14,16)(H,15,17);1-2H3. The number of hydrogen-bond donors (Lipinski definition) is 3. The Kier molecular flexibility index (Phi) is 5.47. The third-order valence-corrected chi connectivity index (χ3v) is 2.29. The van der Waals surface area contributed by atoms with E-state index in [2.05, 4.69) is 15.3 Å². The second-order valence-electron chi connectivity index (χ2n) is 3.65. The molecule has 0 amide bonds. The van der Waals surface area contributed by atoms with Crippen molar-refractivity contribution in [1.29, 1.82) is 5.41 Å². The molecule has 2 heterocycles. The Hall–Kier alpha value is -2.43.